The van der Waals surface area contributed by atoms with E-state index in [2.05, 4.69) is 17.2 Å². The van der Waals surface area contributed by atoms with Gasteiger partial charge in [-0.1, -0.05) is 13.8 Å². The number of rotatable bonds is 6. The number of nitrogens with one attached hydrogen (secondary N) is 1. The number of hydrogen-bond acceptors (Lipinski definition) is 6. The van der Waals surface area contributed by atoms with Crippen molar-refractivity contribution in [2.24, 2.45) is 4.99 Å². The van der Waals surface area contributed by atoms with Gasteiger partial charge in [0.05, 0.1) is 23.7 Å². The van der Waals surface area contributed by atoms with E-state index in [0.717, 1.165) is 61.7 Å². The molecule has 142 valence electrons. The summed E-state index contributed by atoms with van der Waals surface area (Å²) >= 11 is 0. The topological polar surface area (TPSA) is 72.8 Å². The van der Waals surface area contributed by atoms with Crippen LogP contribution in [0.3, 0.4) is 0 Å². The van der Waals surface area contributed by atoms with Crippen LogP contribution in [0.1, 0.15) is 73.3 Å². The summed E-state index contributed by atoms with van der Waals surface area (Å²) in [6.45, 7) is 8.62. The van der Waals surface area contributed by atoms with Crippen LogP contribution in [0.4, 0.5) is 5.69 Å². The summed E-state index contributed by atoms with van der Waals surface area (Å²) in [4.78, 5) is 22.2. The van der Waals surface area contributed by atoms with E-state index >= 15 is 0 Å². The summed E-state index contributed by atoms with van der Waals surface area (Å²) in [5.74, 6) is -0.00647. The lowest BCUT2D eigenvalue weighted by Crippen LogP contribution is -2.31. The second kappa shape index (κ2) is 8.62. The van der Waals surface area contributed by atoms with Gasteiger partial charge in [0, 0.05) is 43.5 Å². The summed E-state index contributed by atoms with van der Waals surface area (Å²) in [7, 11) is 0. The molecule has 1 aromatic rings. The van der Waals surface area contributed by atoms with Crippen molar-refractivity contribution in [2.45, 2.75) is 58.4 Å². The summed E-state index contributed by atoms with van der Waals surface area (Å²) in [6, 6.07) is 0.281. The molecular weight excluding hydrogens is 330 g/mol. The fourth-order valence-corrected chi connectivity index (χ4v) is 3.67. The van der Waals surface area contributed by atoms with Gasteiger partial charge in [-0.2, -0.15) is 0 Å². The van der Waals surface area contributed by atoms with Crippen molar-refractivity contribution < 1.29 is 14.3 Å². The average Bonchev–Trinajstić information content (AvgIpc) is 2.68. The average molecular weight is 359 g/mol. The van der Waals surface area contributed by atoms with Crippen molar-refractivity contribution in [3.05, 3.63) is 22.5 Å². The fraction of sp³-hybridized carbons (Fsp3) is 0.650. The molecule has 1 aromatic heterocycles. The van der Waals surface area contributed by atoms with Crippen LogP contribution in [0.15, 0.2) is 4.99 Å². The first kappa shape index (κ1) is 18.8. The maximum absolute atomic E-state index is 12.8. The van der Waals surface area contributed by atoms with E-state index in [0.29, 0.717) is 24.5 Å². The van der Waals surface area contributed by atoms with Crippen LogP contribution in [0.25, 0.3) is 0 Å². The van der Waals surface area contributed by atoms with Gasteiger partial charge in [-0.05, 0) is 32.6 Å². The number of fused-ring (bicyclic) bond motifs is 1. The Kier molecular flexibility index (Phi) is 6.25. The maximum atomic E-state index is 12.8. The van der Waals surface area contributed by atoms with Crippen molar-refractivity contribution in [1.82, 2.24) is 4.98 Å². The third-order valence-corrected chi connectivity index (χ3v) is 5.15. The molecule has 3 heterocycles. The Hall–Kier alpha value is -1.95. The number of carbonyl (C=O) groups excluding carboxylic acids is 1. The standard InChI is InChI=1S/C20H29N3O3/c1-4-13-11-21-12-15-18(13)23-16(5-2)17(20(24)26-6-3)19(15)22-14-7-9-25-10-8-14/h12-14H,4-11H2,1-3H3,(H,22,23). The molecule has 0 spiro atoms. The summed E-state index contributed by atoms with van der Waals surface area (Å²) in [6.07, 6.45) is 5.40. The molecular formula is C20H29N3O3. The molecule has 2 aliphatic heterocycles. The molecule has 6 heteroatoms. The predicted molar refractivity (Wildman–Crippen MR) is 103 cm³/mol. The molecule has 0 bridgehead atoms. The van der Waals surface area contributed by atoms with Gasteiger partial charge in [-0.15, -0.1) is 0 Å². The molecule has 6 nitrogen and oxygen atoms in total. The number of hydrogen-bond donors (Lipinski definition) is 1. The quantitative estimate of drug-likeness (QED) is 0.789. The van der Waals surface area contributed by atoms with Gasteiger partial charge < -0.3 is 14.8 Å². The molecule has 0 aliphatic carbocycles. The van der Waals surface area contributed by atoms with Crippen molar-refractivity contribution in [1.29, 1.82) is 0 Å². The summed E-state index contributed by atoms with van der Waals surface area (Å²) in [5, 5.41) is 3.62. The lowest BCUT2D eigenvalue weighted by molar-refractivity contribution is 0.0525. The van der Waals surface area contributed by atoms with Gasteiger partial charge in [-0.25, -0.2) is 4.79 Å². The van der Waals surface area contributed by atoms with Gasteiger partial charge in [-0.3, -0.25) is 9.98 Å². The van der Waals surface area contributed by atoms with Gasteiger partial charge >= 0.3 is 5.97 Å². The molecule has 26 heavy (non-hydrogen) atoms. The first-order chi connectivity index (χ1) is 12.7. The van der Waals surface area contributed by atoms with E-state index in [1.54, 1.807) is 0 Å². The van der Waals surface area contributed by atoms with Crippen molar-refractivity contribution in [3.8, 4) is 0 Å². The third kappa shape index (κ3) is 3.75. The van der Waals surface area contributed by atoms with Gasteiger partial charge in [0.15, 0.2) is 0 Å². The lowest BCUT2D eigenvalue weighted by Gasteiger charge is -2.29. The van der Waals surface area contributed by atoms with E-state index in [9.17, 15) is 4.79 Å². The molecule has 2 aliphatic rings. The van der Waals surface area contributed by atoms with Crippen molar-refractivity contribution in [2.75, 3.05) is 31.7 Å². The van der Waals surface area contributed by atoms with Crippen molar-refractivity contribution in [3.63, 3.8) is 0 Å². The summed E-state index contributed by atoms with van der Waals surface area (Å²) in [5.41, 5.74) is 4.24. The number of anilines is 1. The highest BCUT2D eigenvalue weighted by molar-refractivity contribution is 6.03. The van der Waals surface area contributed by atoms with E-state index in [1.807, 2.05) is 20.1 Å². The highest BCUT2D eigenvalue weighted by atomic mass is 16.5. The minimum absolute atomic E-state index is 0.281. The number of pyridine rings is 1. The van der Waals surface area contributed by atoms with Crippen LogP contribution in [0.5, 0.6) is 0 Å². The first-order valence-electron chi connectivity index (χ1n) is 9.77. The second-order valence-corrected chi connectivity index (χ2v) is 6.81. The monoisotopic (exact) mass is 359 g/mol. The number of aromatic nitrogens is 1. The van der Waals surface area contributed by atoms with Crippen LogP contribution in [-0.2, 0) is 15.9 Å². The highest BCUT2D eigenvalue weighted by Gasteiger charge is 2.29. The molecule has 0 radical (unpaired) electrons. The zero-order valence-corrected chi connectivity index (χ0v) is 16.0. The number of carbonyl (C=O) groups is 1. The number of aryl methyl sites for hydroxylation is 1. The molecule has 0 saturated carbocycles. The predicted octanol–water partition coefficient (Wildman–Crippen LogP) is 3.34. The van der Waals surface area contributed by atoms with Gasteiger partial charge in [0.25, 0.3) is 0 Å². The Labute approximate surface area is 155 Å². The zero-order chi connectivity index (χ0) is 18.5. The molecule has 1 unspecified atom stereocenters. The smallest absolute Gasteiger partial charge is 0.342 e. The Morgan fingerprint density at radius 2 is 2.08 bits per heavy atom. The van der Waals surface area contributed by atoms with E-state index in [1.165, 1.54) is 0 Å². The molecule has 1 saturated heterocycles. The first-order valence-corrected chi connectivity index (χ1v) is 9.77. The number of ether oxygens (including phenoxy) is 2. The zero-order valence-electron chi connectivity index (χ0n) is 16.0. The van der Waals surface area contributed by atoms with E-state index in [-0.39, 0.29) is 12.0 Å². The molecule has 0 aromatic carbocycles. The van der Waals surface area contributed by atoms with Crippen LogP contribution in [0.2, 0.25) is 0 Å². The number of esters is 1. The lowest BCUT2D eigenvalue weighted by atomic mass is 9.91. The molecule has 3 rings (SSSR count). The molecule has 1 N–H and O–H groups in total. The Balaban J connectivity index is 2.12. The van der Waals surface area contributed by atoms with Gasteiger partial charge in [0.1, 0.15) is 5.56 Å². The van der Waals surface area contributed by atoms with Crippen LogP contribution in [0, 0.1) is 0 Å². The van der Waals surface area contributed by atoms with E-state index < -0.39 is 0 Å². The number of aliphatic imine (C=N–C) groups is 1. The number of nitrogens with zero attached hydrogens (tertiary/aromatic N) is 2. The van der Waals surface area contributed by atoms with Crippen molar-refractivity contribution >= 4 is 17.9 Å². The van der Waals surface area contributed by atoms with Crippen LogP contribution < -0.4 is 5.32 Å². The fourth-order valence-electron chi connectivity index (χ4n) is 3.67. The second-order valence-electron chi connectivity index (χ2n) is 6.81. The van der Waals surface area contributed by atoms with Crippen LogP contribution in [-0.4, -0.2) is 49.6 Å². The maximum Gasteiger partial charge on any atom is 0.342 e. The third-order valence-electron chi connectivity index (χ3n) is 5.15. The van der Waals surface area contributed by atoms with Crippen LogP contribution >= 0.6 is 0 Å². The minimum Gasteiger partial charge on any atom is -0.462 e. The SMILES string of the molecule is CCOC(=O)c1c(CC)nc2c(c1NC1CCOCC1)C=NCC2CC. The molecule has 1 fully saturated rings. The summed E-state index contributed by atoms with van der Waals surface area (Å²) < 4.78 is 10.8. The molecule has 0 amide bonds. The van der Waals surface area contributed by atoms with Gasteiger partial charge in [0.2, 0.25) is 0 Å². The normalized spacial score (nSPS) is 19.9. The van der Waals surface area contributed by atoms with E-state index in [4.69, 9.17) is 14.5 Å². The highest BCUT2D eigenvalue weighted by Crippen LogP contribution is 2.35. The minimum atomic E-state index is -0.304. The largest absolute Gasteiger partial charge is 0.462 e. The Bertz CT molecular complexity index is 681. The Morgan fingerprint density at radius 1 is 1.31 bits per heavy atom. The Morgan fingerprint density at radius 3 is 2.73 bits per heavy atom. The molecule has 1 atom stereocenters.